The second-order valence-electron chi connectivity index (χ2n) is 4.94. The number of carbonyl (C=O) groups is 2. The van der Waals surface area contributed by atoms with Crippen molar-refractivity contribution in [3.8, 4) is 0 Å². The summed E-state index contributed by atoms with van der Waals surface area (Å²) in [6.45, 7) is 3.31. The molecule has 110 valence electrons. The topological polar surface area (TPSA) is 95.5 Å². The number of aryl methyl sites for hydroxylation is 1. The summed E-state index contributed by atoms with van der Waals surface area (Å²) in [6, 6.07) is 1.73. The van der Waals surface area contributed by atoms with E-state index in [0.29, 0.717) is 18.8 Å². The maximum atomic E-state index is 12.1. The number of ether oxygens (including phenoxy) is 1. The lowest BCUT2D eigenvalue weighted by atomic mass is 10.1. The van der Waals surface area contributed by atoms with Gasteiger partial charge in [0.1, 0.15) is 5.69 Å². The highest BCUT2D eigenvalue weighted by molar-refractivity contribution is 5.92. The Balaban J connectivity index is 1.76. The Bertz CT molecular complexity index is 478. The standard InChI is InChI=1S/C13H19N3O4/c1-9-8-11(15-14-9)13(19)16-5-2-10(3-6-16)20-7-4-12(17)18/h8,10H,2-7H2,1H3,(H,14,15)(H,17,18). The number of H-pyrrole nitrogens is 1. The van der Waals surface area contributed by atoms with Crippen LogP contribution in [0.3, 0.4) is 0 Å². The number of carbonyl (C=O) groups excluding carboxylic acids is 1. The molecule has 0 radical (unpaired) electrons. The molecule has 1 amide bonds. The van der Waals surface area contributed by atoms with Crippen molar-refractivity contribution in [3.63, 3.8) is 0 Å². The maximum absolute atomic E-state index is 12.1. The number of aliphatic carboxylic acids is 1. The highest BCUT2D eigenvalue weighted by atomic mass is 16.5. The Morgan fingerprint density at radius 2 is 2.20 bits per heavy atom. The van der Waals surface area contributed by atoms with Gasteiger partial charge in [0.15, 0.2) is 0 Å². The van der Waals surface area contributed by atoms with Gasteiger partial charge in [-0.25, -0.2) is 0 Å². The number of hydrogen-bond donors (Lipinski definition) is 2. The van der Waals surface area contributed by atoms with Crippen molar-refractivity contribution in [1.82, 2.24) is 15.1 Å². The number of piperidine rings is 1. The molecule has 1 aromatic rings. The summed E-state index contributed by atoms with van der Waals surface area (Å²) in [5.74, 6) is -0.926. The fraction of sp³-hybridized carbons (Fsp3) is 0.615. The van der Waals surface area contributed by atoms with Crippen LogP contribution in [0.5, 0.6) is 0 Å². The van der Waals surface area contributed by atoms with E-state index in [1.807, 2.05) is 6.92 Å². The van der Waals surface area contributed by atoms with Gasteiger partial charge in [0.25, 0.3) is 5.91 Å². The number of nitrogens with zero attached hydrogens (tertiary/aromatic N) is 2. The van der Waals surface area contributed by atoms with Crippen LogP contribution in [0.4, 0.5) is 0 Å². The maximum Gasteiger partial charge on any atom is 0.305 e. The third kappa shape index (κ3) is 3.80. The average molecular weight is 281 g/mol. The molecule has 7 nitrogen and oxygen atoms in total. The van der Waals surface area contributed by atoms with Crippen molar-refractivity contribution in [1.29, 1.82) is 0 Å². The molecule has 1 aliphatic heterocycles. The minimum atomic E-state index is -0.855. The lowest BCUT2D eigenvalue weighted by molar-refractivity contribution is -0.138. The summed E-state index contributed by atoms with van der Waals surface area (Å²) in [4.78, 5) is 24.3. The summed E-state index contributed by atoms with van der Waals surface area (Å²) in [5, 5.41) is 15.3. The number of amides is 1. The molecular formula is C13H19N3O4. The monoisotopic (exact) mass is 281 g/mol. The fourth-order valence-corrected chi connectivity index (χ4v) is 2.23. The largest absolute Gasteiger partial charge is 0.481 e. The number of hydrogen-bond acceptors (Lipinski definition) is 4. The quantitative estimate of drug-likeness (QED) is 0.833. The summed E-state index contributed by atoms with van der Waals surface area (Å²) in [7, 11) is 0. The molecule has 1 aliphatic rings. The van der Waals surface area contributed by atoms with Crippen molar-refractivity contribution >= 4 is 11.9 Å². The van der Waals surface area contributed by atoms with E-state index in [1.54, 1.807) is 11.0 Å². The number of aromatic amines is 1. The molecule has 0 unspecified atom stereocenters. The van der Waals surface area contributed by atoms with E-state index in [4.69, 9.17) is 9.84 Å². The first kappa shape index (κ1) is 14.5. The van der Waals surface area contributed by atoms with Gasteiger partial charge >= 0.3 is 5.97 Å². The molecule has 0 aliphatic carbocycles. The van der Waals surface area contributed by atoms with Gasteiger partial charge in [0, 0.05) is 18.8 Å². The van der Waals surface area contributed by atoms with Crippen molar-refractivity contribution in [2.75, 3.05) is 19.7 Å². The van der Waals surface area contributed by atoms with Crippen molar-refractivity contribution in [3.05, 3.63) is 17.5 Å². The molecule has 1 fully saturated rings. The van der Waals surface area contributed by atoms with Gasteiger partial charge in [-0.05, 0) is 25.8 Å². The average Bonchev–Trinajstić information content (AvgIpc) is 2.85. The molecule has 0 saturated carbocycles. The van der Waals surface area contributed by atoms with Crippen LogP contribution in [-0.4, -0.2) is 57.9 Å². The van der Waals surface area contributed by atoms with Crippen LogP contribution >= 0.6 is 0 Å². The van der Waals surface area contributed by atoms with Gasteiger partial charge in [-0.2, -0.15) is 5.10 Å². The highest BCUT2D eigenvalue weighted by Crippen LogP contribution is 2.16. The second kappa shape index (κ2) is 6.51. The van der Waals surface area contributed by atoms with Crippen LogP contribution in [-0.2, 0) is 9.53 Å². The smallest absolute Gasteiger partial charge is 0.305 e. The zero-order chi connectivity index (χ0) is 14.5. The van der Waals surface area contributed by atoms with Crippen molar-refractivity contribution in [2.45, 2.75) is 32.3 Å². The molecule has 2 N–H and O–H groups in total. The van der Waals surface area contributed by atoms with Crippen LogP contribution in [0.1, 0.15) is 35.4 Å². The Labute approximate surface area is 116 Å². The molecule has 7 heteroatoms. The number of rotatable bonds is 5. The van der Waals surface area contributed by atoms with E-state index in [0.717, 1.165) is 18.5 Å². The molecule has 2 heterocycles. The first-order valence-electron chi connectivity index (χ1n) is 6.71. The molecule has 0 atom stereocenters. The molecule has 20 heavy (non-hydrogen) atoms. The van der Waals surface area contributed by atoms with Crippen LogP contribution in [0.25, 0.3) is 0 Å². The van der Waals surface area contributed by atoms with Gasteiger partial charge < -0.3 is 14.7 Å². The molecule has 1 saturated heterocycles. The number of nitrogens with one attached hydrogen (secondary N) is 1. The summed E-state index contributed by atoms with van der Waals surface area (Å²) < 4.78 is 5.49. The lowest BCUT2D eigenvalue weighted by Gasteiger charge is -2.31. The number of aromatic nitrogens is 2. The lowest BCUT2D eigenvalue weighted by Crippen LogP contribution is -2.41. The van der Waals surface area contributed by atoms with E-state index in [2.05, 4.69) is 10.2 Å². The third-order valence-electron chi connectivity index (χ3n) is 3.32. The van der Waals surface area contributed by atoms with Crippen LogP contribution < -0.4 is 0 Å². The molecule has 0 spiro atoms. The fourth-order valence-electron chi connectivity index (χ4n) is 2.23. The van der Waals surface area contributed by atoms with Crippen LogP contribution in [0.2, 0.25) is 0 Å². The zero-order valence-electron chi connectivity index (χ0n) is 11.5. The number of likely N-dealkylation sites (tertiary alicyclic amines) is 1. The first-order chi connectivity index (χ1) is 9.56. The van der Waals surface area contributed by atoms with Crippen LogP contribution in [0.15, 0.2) is 6.07 Å². The third-order valence-corrected chi connectivity index (χ3v) is 3.32. The van der Waals surface area contributed by atoms with Crippen molar-refractivity contribution < 1.29 is 19.4 Å². The van der Waals surface area contributed by atoms with Gasteiger partial charge in [0.05, 0.1) is 19.1 Å². The van der Waals surface area contributed by atoms with E-state index in [9.17, 15) is 9.59 Å². The van der Waals surface area contributed by atoms with E-state index in [-0.39, 0.29) is 25.0 Å². The molecular weight excluding hydrogens is 262 g/mol. The van der Waals surface area contributed by atoms with Gasteiger partial charge in [0.2, 0.25) is 0 Å². The Hall–Kier alpha value is -1.89. The van der Waals surface area contributed by atoms with Gasteiger partial charge in [-0.15, -0.1) is 0 Å². The highest BCUT2D eigenvalue weighted by Gasteiger charge is 2.25. The van der Waals surface area contributed by atoms with Gasteiger partial charge in [-0.3, -0.25) is 14.7 Å². The predicted molar refractivity (Wildman–Crippen MR) is 70.5 cm³/mol. The molecule has 2 rings (SSSR count). The molecule has 1 aromatic heterocycles. The van der Waals surface area contributed by atoms with E-state index in [1.165, 1.54) is 0 Å². The van der Waals surface area contributed by atoms with E-state index >= 15 is 0 Å². The number of carboxylic acids is 1. The number of carboxylic acid groups (broad SMARTS) is 1. The second-order valence-corrected chi connectivity index (χ2v) is 4.94. The summed E-state index contributed by atoms with van der Waals surface area (Å²) >= 11 is 0. The Morgan fingerprint density at radius 3 is 2.75 bits per heavy atom. The molecule has 0 aromatic carbocycles. The zero-order valence-corrected chi connectivity index (χ0v) is 11.5. The first-order valence-corrected chi connectivity index (χ1v) is 6.71. The Morgan fingerprint density at radius 1 is 1.50 bits per heavy atom. The summed E-state index contributed by atoms with van der Waals surface area (Å²) in [6.07, 6.45) is 1.52. The minimum Gasteiger partial charge on any atom is -0.481 e. The van der Waals surface area contributed by atoms with Crippen molar-refractivity contribution in [2.24, 2.45) is 0 Å². The van der Waals surface area contributed by atoms with E-state index < -0.39 is 5.97 Å². The van der Waals surface area contributed by atoms with Gasteiger partial charge in [-0.1, -0.05) is 0 Å². The van der Waals surface area contributed by atoms with Crippen LogP contribution in [0, 0.1) is 6.92 Å². The summed E-state index contributed by atoms with van der Waals surface area (Å²) in [5.41, 5.74) is 1.30. The Kier molecular flexibility index (Phi) is 4.73. The predicted octanol–water partition coefficient (Wildman–Crippen LogP) is 0.814. The normalized spacial score (nSPS) is 16.4. The SMILES string of the molecule is Cc1cc(C(=O)N2CCC(OCCC(=O)O)CC2)n[nH]1. The molecule has 0 bridgehead atoms. The minimum absolute atomic E-state index is 0.0195.